The zero-order chi connectivity index (χ0) is 21.0. The SMILES string of the molecule is COc1ccc(-[n+]2[nH]oc(=O)c2SCC(=O)Nc2cc([N+](=O)[O-])ccc2C)cc1. The first-order chi connectivity index (χ1) is 13.9. The van der Waals surface area contributed by atoms with E-state index in [1.165, 1.54) is 16.8 Å². The van der Waals surface area contributed by atoms with Crippen molar-refractivity contribution < 1.29 is 23.7 Å². The van der Waals surface area contributed by atoms with Gasteiger partial charge in [0.2, 0.25) is 11.6 Å². The third-order valence-electron chi connectivity index (χ3n) is 3.98. The van der Waals surface area contributed by atoms with E-state index in [1.807, 2.05) is 0 Å². The van der Waals surface area contributed by atoms with Crippen LogP contribution in [-0.4, -0.2) is 29.0 Å². The summed E-state index contributed by atoms with van der Waals surface area (Å²) in [5, 5.41) is 16.2. The largest absolute Gasteiger partial charge is 0.497 e. The van der Waals surface area contributed by atoms with E-state index < -0.39 is 16.5 Å². The highest BCUT2D eigenvalue weighted by Gasteiger charge is 2.25. The highest BCUT2D eigenvalue weighted by molar-refractivity contribution is 7.99. The minimum Gasteiger partial charge on any atom is -0.497 e. The summed E-state index contributed by atoms with van der Waals surface area (Å²) in [6, 6.07) is 11.1. The minimum atomic E-state index is -0.620. The van der Waals surface area contributed by atoms with Crippen molar-refractivity contribution in [2.75, 3.05) is 18.2 Å². The van der Waals surface area contributed by atoms with E-state index in [0.29, 0.717) is 22.7 Å². The van der Waals surface area contributed by atoms with Crippen molar-refractivity contribution >= 4 is 29.0 Å². The Morgan fingerprint density at radius 2 is 2.03 bits per heavy atom. The summed E-state index contributed by atoms with van der Waals surface area (Å²) in [6.45, 7) is 1.73. The third kappa shape index (κ3) is 4.63. The molecule has 11 heteroatoms. The molecule has 0 aliphatic carbocycles. The molecule has 3 rings (SSSR count). The van der Waals surface area contributed by atoms with Gasteiger partial charge in [0.1, 0.15) is 5.75 Å². The second-order valence-electron chi connectivity index (χ2n) is 5.91. The molecule has 0 saturated heterocycles. The van der Waals surface area contributed by atoms with Crippen LogP contribution in [0.5, 0.6) is 5.75 Å². The Morgan fingerprint density at radius 1 is 1.31 bits per heavy atom. The predicted octanol–water partition coefficient (Wildman–Crippen LogP) is 2.20. The standard InChI is InChI=1S/C18H16N4O6S/c1-11-3-4-13(22(25)26)9-15(11)19-16(23)10-29-17-18(24)28-20-21(17)12-5-7-14(27-2)8-6-12/h3-9H,10H2,1-2H3,(H-,19,20,23,24)/p+1. The number of nitro benzene ring substituents is 1. The zero-order valence-electron chi connectivity index (χ0n) is 15.5. The second kappa shape index (κ2) is 8.61. The van der Waals surface area contributed by atoms with Crippen LogP contribution < -0.4 is 20.4 Å². The molecule has 2 N–H and O–H groups in total. The normalized spacial score (nSPS) is 10.6. The highest BCUT2D eigenvalue weighted by Crippen LogP contribution is 2.22. The lowest BCUT2D eigenvalue weighted by atomic mass is 10.2. The summed E-state index contributed by atoms with van der Waals surface area (Å²) in [6.07, 6.45) is 0. The van der Waals surface area contributed by atoms with Gasteiger partial charge in [-0.1, -0.05) is 6.07 Å². The Balaban J connectivity index is 1.73. The van der Waals surface area contributed by atoms with Gasteiger partial charge in [0, 0.05) is 24.3 Å². The summed E-state index contributed by atoms with van der Waals surface area (Å²) in [5.74, 6) is 0.141. The van der Waals surface area contributed by atoms with Crippen LogP contribution in [-0.2, 0) is 4.79 Å². The molecule has 0 aliphatic rings. The number of non-ortho nitro benzene ring substituents is 1. The number of thioether (sulfide) groups is 1. The number of methoxy groups -OCH3 is 1. The zero-order valence-corrected chi connectivity index (χ0v) is 16.3. The molecule has 0 fully saturated rings. The molecule has 150 valence electrons. The van der Waals surface area contributed by atoms with Crippen molar-refractivity contribution in [1.29, 1.82) is 0 Å². The van der Waals surface area contributed by atoms with E-state index in [1.54, 1.807) is 44.4 Å². The quantitative estimate of drug-likeness (QED) is 0.261. The Kier molecular flexibility index (Phi) is 5.98. The number of carbonyl (C=O) groups is 1. The Hall–Kier alpha value is -3.60. The van der Waals surface area contributed by atoms with Crippen LogP contribution in [0.25, 0.3) is 5.69 Å². The number of H-pyrrole nitrogens is 1. The van der Waals surface area contributed by atoms with Crippen LogP contribution in [0.2, 0.25) is 0 Å². The van der Waals surface area contributed by atoms with Crippen LogP contribution in [0, 0.1) is 17.0 Å². The number of carbonyl (C=O) groups excluding carboxylic acids is 1. The van der Waals surface area contributed by atoms with E-state index in [0.717, 1.165) is 11.8 Å². The first-order valence-corrected chi connectivity index (χ1v) is 9.33. The molecule has 0 radical (unpaired) electrons. The Bertz CT molecular complexity index is 1110. The van der Waals surface area contributed by atoms with Gasteiger partial charge in [-0.3, -0.25) is 19.4 Å². The molecule has 10 nitrogen and oxygen atoms in total. The van der Waals surface area contributed by atoms with Crippen molar-refractivity contribution in [2.24, 2.45) is 0 Å². The summed E-state index contributed by atoms with van der Waals surface area (Å²) in [7, 11) is 1.55. The molecule has 1 aromatic heterocycles. The Labute approximate surface area is 168 Å². The van der Waals surface area contributed by atoms with E-state index in [2.05, 4.69) is 10.6 Å². The molecular formula is C18H17N4O6S+. The van der Waals surface area contributed by atoms with Gasteiger partial charge in [-0.15, -0.1) is 0 Å². The average molecular weight is 417 g/mol. The van der Waals surface area contributed by atoms with Gasteiger partial charge in [-0.25, -0.2) is 4.79 Å². The van der Waals surface area contributed by atoms with Gasteiger partial charge in [0.25, 0.3) is 5.69 Å². The van der Waals surface area contributed by atoms with Gasteiger partial charge in [-0.05, 0) is 46.3 Å². The van der Waals surface area contributed by atoms with E-state index in [-0.39, 0.29) is 16.5 Å². The fraction of sp³-hybridized carbons (Fsp3) is 0.167. The van der Waals surface area contributed by atoms with E-state index in [9.17, 15) is 19.7 Å². The number of rotatable bonds is 7. The number of ether oxygens (including phenoxy) is 1. The first kappa shape index (κ1) is 20.1. The molecule has 2 aromatic carbocycles. The number of nitro groups is 1. The number of benzene rings is 2. The van der Waals surface area contributed by atoms with Crippen molar-refractivity contribution in [2.45, 2.75) is 11.9 Å². The number of aromatic nitrogens is 2. The summed E-state index contributed by atoms with van der Waals surface area (Å²) in [5.41, 5.74) is 0.902. The first-order valence-electron chi connectivity index (χ1n) is 8.34. The minimum absolute atomic E-state index is 0.0963. The van der Waals surface area contributed by atoms with Gasteiger partial charge < -0.3 is 10.1 Å². The number of amides is 1. The predicted molar refractivity (Wildman–Crippen MR) is 105 cm³/mol. The molecule has 29 heavy (non-hydrogen) atoms. The molecule has 0 bridgehead atoms. The van der Waals surface area contributed by atoms with Crippen LogP contribution in [0.1, 0.15) is 5.56 Å². The number of aromatic amines is 1. The molecule has 0 saturated carbocycles. The maximum absolute atomic E-state index is 12.3. The van der Waals surface area contributed by atoms with Gasteiger partial charge >= 0.3 is 10.7 Å². The lowest BCUT2D eigenvalue weighted by Gasteiger charge is -2.07. The molecule has 1 amide bonds. The molecule has 0 aliphatic heterocycles. The fourth-order valence-corrected chi connectivity index (χ4v) is 3.24. The number of hydrogen-bond acceptors (Lipinski definition) is 7. The molecule has 0 spiro atoms. The molecular weight excluding hydrogens is 400 g/mol. The van der Waals surface area contributed by atoms with Gasteiger partial charge in [-0.2, -0.15) is 0 Å². The average Bonchev–Trinajstić information content (AvgIpc) is 3.08. The molecule has 0 atom stereocenters. The summed E-state index contributed by atoms with van der Waals surface area (Å²) >= 11 is 0.977. The van der Waals surface area contributed by atoms with Crippen molar-refractivity contribution in [3.8, 4) is 11.4 Å². The van der Waals surface area contributed by atoms with Crippen molar-refractivity contribution in [1.82, 2.24) is 5.27 Å². The van der Waals surface area contributed by atoms with Crippen LogP contribution >= 0.6 is 11.8 Å². The number of anilines is 1. The van der Waals surface area contributed by atoms with Gasteiger partial charge in [0.05, 0.1) is 23.5 Å². The van der Waals surface area contributed by atoms with Gasteiger partial charge in [0.15, 0.2) is 0 Å². The topological polar surface area (TPSA) is 131 Å². The number of nitrogens with one attached hydrogen (secondary N) is 2. The maximum atomic E-state index is 12.3. The highest BCUT2D eigenvalue weighted by atomic mass is 32.2. The van der Waals surface area contributed by atoms with Crippen LogP contribution in [0.3, 0.4) is 0 Å². The Morgan fingerprint density at radius 3 is 2.69 bits per heavy atom. The summed E-state index contributed by atoms with van der Waals surface area (Å²) in [4.78, 5) is 34.7. The number of nitrogens with zero attached hydrogens (tertiary/aromatic N) is 2. The molecule has 0 unspecified atom stereocenters. The molecule has 1 heterocycles. The fourth-order valence-electron chi connectivity index (χ4n) is 2.47. The lowest BCUT2D eigenvalue weighted by molar-refractivity contribution is -0.704. The van der Waals surface area contributed by atoms with Crippen molar-refractivity contribution in [3.63, 3.8) is 0 Å². The third-order valence-corrected chi connectivity index (χ3v) is 5.01. The number of aryl methyl sites for hydroxylation is 1. The smallest absolute Gasteiger partial charge is 0.442 e. The monoisotopic (exact) mass is 417 g/mol. The van der Waals surface area contributed by atoms with E-state index in [4.69, 9.17) is 9.26 Å². The number of hydrogen-bond donors (Lipinski definition) is 2. The van der Waals surface area contributed by atoms with Crippen molar-refractivity contribution in [3.05, 3.63) is 68.6 Å². The maximum Gasteiger partial charge on any atom is 0.442 e. The second-order valence-corrected chi connectivity index (χ2v) is 6.88. The lowest BCUT2D eigenvalue weighted by Crippen LogP contribution is -2.36. The molecule has 3 aromatic rings. The van der Waals surface area contributed by atoms with Crippen LogP contribution in [0.4, 0.5) is 11.4 Å². The van der Waals surface area contributed by atoms with Crippen LogP contribution in [0.15, 0.2) is 56.8 Å². The summed E-state index contributed by atoms with van der Waals surface area (Å²) < 4.78 is 11.4. The van der Waals surface area contributed by atoms with E-state index >= 15 is 0 Å².